The summed E-state index contributed by atoms with van der Waals surface area (Å²) in [5.41, 5.74) is 6.13. The molecule has 116 valence electrons. The molecule has 2 fully saturated rings. The molecule has 3 nitrogen and oxygen atoms in total. The molecule has 2 rings (SSSR count). The molecule has 1 saturated carbocycles. The van der Waals surface area contributed by atoms with Crippen LogP contribution in [0, 0.1) is 17.3 Å². The van der Waals surface area contributed by atoms with Gasteiger partial charge in [-0.05, 0) is 37.5 Å². The number of carbonyl (C=O) groups excluding carboxylic acids is 1. The third kappa shape index (κ3) is 3.19. The Morgan fingerprint density at radius 3 is 2.55 bits per heavy atom. The predicted molar refractivity (Wildman–Crippen MR) is 83.3 cm³/mol. The van der Waals surface area contributed by atoms with E-state index < -0.39 is 0 Å². The van der Waals surface area contributed by atoms with Gasteiger partial charge in [0.2, 0.25) is 5.91 Å². The number of rotatable bonds is 4. The van der Waals surface area contributed by atoms with Crippen LogP contribution in [0.2, 0.25) is 0 Å². The van der Waals surface area contributed by atoms with Gasteiger partial charge in [0.05, 0.1) is 0 Å². The van der Waals surface area contributed by atoms with Gasteiger partial charge in [0.25, 0.3) is 0 Å². The molecular weight excluding hydrogens is 248 g/mol. The molecule has 2 aliphatic rings. The fourth-order valence-corrected chi connectivity index (χ4v) is 4.34. The molecule has 0 aromatic rings. The van der Waals surface area contributed by atoms with Crippen LogP contribution in [-0.4, -0.2) is 29.9 Å². The second-order valence-corrected chi connectivity index (χ2v) is 7.46. The van der Waals surface area contributed by atoms with Gasteiger partial charge < -0.3 is 10.6 Å². The van der Waals surface area contributed by atoms with E-state index in [0.717, 1.165) is 45.2 Å². The summed E-state index contributed by atoms with van der Waals surface area (Å²) in [6, 6.07) is 0.286. The maximum Gasteiger partial charge on any atom is 0.228 e. The van der Waals surface area contributed by atoms with Gasteiger partial charge in [-0.1, -0.05) is 40.0 Å². The first-order valence-corrected chi connectivity index (χ1v) is 8.53. The second kappa shape index (κ2) is 6.46. The number of nitrogens with zero attached hydrogens (tertiary/aromatic N) is 1. The van der Waals surface area contributed by atoms with Crippen molar-refractivity contribution in [2.24, 2.45) is 23.0 Å². The van der Waals surface area contributed by atoms with Crippen molar-refractivity contribution in [1.82, 2.24) is 4.90 Å². The van der Waals surface area contributed by atoms with Gasteiger partial charge in [0.15, 0.2) is 0 Å². The second-order valence-electron chi connectivity index (χ2n) is 7.46. The third-order valence-electron chi connectivity index (χ3n) is 5.42. The van der Waals surface area contributed by atoms with Crippen LogP contribution in [0.15, 0.2) is 0 Å². The maximum atomic E-state index is 13.1. The van der Waals surface area contributed by atoms with E-state index in [9.17, 15) is 4.79 Å². The van der Waals surface area contributed by atoms with Gasteiger partial charge >= 0.3 is 0 Å². The van der Waals surface area contributed by atoms with E-state index >= 15 is 0 Å². The minimum Gasteiger partial charge on any atom is -0.342 e. The highest BCUT2D eigenvalue weighted by molar-refractivity contribution is 5.83. The molecule has 0 radical (unpaired) electrons. The summed E-state index contributed by atoms with van der Waals surface area (Å²) in [6.45, 7) is 8.44. The van der Waals surface area contributed by atoms with Crippen LogP contribution < -0.4 is 5.73 Å². The van der Waals surface area contributed by atoms with Gasteiger partial charge in [-0.15, -0.1) is 0 Å². The minimum absolute atomic E-state index is 0.0477. The lowest BCUT2D eigenvalue weighted by Gasteiger charge is -2.41. The Balaban J connectivity index is 2.08. The zero-order valence-electron chi connectivity index (χ0n) is 13.5. The summed E-state index contributed by atoms with van der Waals surface area (Å²) in [6.07, 6.45) is 7.77. The smallest absolute Gasteiger partial charge is 0.228 e. The lowest BCUT2D eigenvalue weighted by Crippen LogP contribution is -2.53. The monoisotopic (exact) mass is 280 g/mol. The topological polar surface area (TPSA) is 46.3 Å². The molecule has 2 unspecified atom stereocenters. The van der Waals surface area contributed by atoms with Crippen molar-refractivity contribution in [1.29, 1.82) is 0 Å². The standard InChI is InChI=1S/C17H32N2O/c1-4-14-12-19(10-7-15(14)18)16(20)17(11-13(2)3)8-5-6-9-17/h13-15H,4-12,18H2,1-3H3. The molecule has 0 spiro atoms. The van der Waals surface area contributed by atoms with E-state index in [1.165, 1.54) is 12.8 Å². The van der Waals surface area contributed by atoms with Crippen molar-refractivity contribution in [2.75, 3.05) is 13.1 Å². The molecular formula is C17H32N2O. The lowest BCUT2D eigenvalue weighted by molar-refractivity contribution is -0.145. The molecule has 1 aliphatic carbocycles. The Hall–Kier alpha value is -0.570. The molecule has 20 heavy (non-hydrogen) atoms. The first-order chi connectivity index (χ1) is 9.48. The summed E-state index contributed by atoms with van der Waals surface area (Å²) in [5.74, 6) is 1.53. The highest BCUT2D eigenvalue weighted by Gasteiger charge is 2.44. The van der Waals surface area contributed by atoms with Crippen molar-refractivity contribution in [3.63, 3.8) is 0 Å². The van der Waals surface area contributed by atoms with Crippen molar-refractivity contribution in [3.05, 3.63) is 0 Å². The number of hydrogen-bond donors (Lipinski definition) is 1. The Bertz CT molecular complexity index is 334. The van der Waals surface area contributed by atoms with E-state index in [0.29, 0.717) is 17.7 Å². The highest BCUT2D eigenvalue weighted by Crippen LogP contribution is 2.45. The summed E-state index contributed by atoms with van der Waals surface area (Å²) in [4.78, 5) is 15.3. The van der Waals surface area contributed by atoms with E-state index in [1.807, 2.05) is 0 Å². The SMILES string of the molecule is CCC1CN(C(=O)C2(CC(C)C)CCCC2)CCC1N. The fraction of sp³-hybridized carbons (Fsp3) is 0.941. The normalized spacial score (nSPS) is 29.9. The minimum atomic E-state index is -0.0477. The van der Waals surface area contributed by atoms with Gasteiger partial charge in [-0.2, -0.15) is 0 Å². The maximum absolute atomic E-state index is 13.1. The number of hydrogen-bond acceptors (Lipinski definition) is 2. The van der Waals surface area contributed by atoms with E-state index in [4.69, 9.17) is 5.73 Å². The van der Waals surface area contributed by atoms with Crippen LogP contribution in [0.3, 0.4) is 0 Å². The predicted octanol–water partition coefficient (Wildman–Crippen LogP) is 3.18. The van der Waals surface area contributed by atoms with Gasteiger partial charge in [-0.25, -0.2) is 0 Å². The zero-order chi connectivity index (χ0) is 14.8. The van der Waals surface area contributed by atoms with Gasteiger partial charge in [0.1, 0.15) is 0 Å². The van der Waals surface area contributed by atoms with Crippen molar-refractivity contribution in [3.8, 4) is 0 Å². The average molecular weight is 280 g/mol. The molecule has 1 amide bonds. The highest BCUT2D eigenvalue weighted by atomic mass is 16.2. The summed E-state index contributed by atoms with van der Waals surface area (Å²) in [7, 11) is 0. The summed E-state index contributed by atoms with van der Waals surface area (Å²) >= 11 is 0. The van der Waals surface area contributed by atoms with Crippen LogP contribution in [-0.2, 0) is 4.79 Å². The molecule has 0 aromatic carbocycles. The average Bonchev–Trinajstić information content (AvgIpc) is 2.87. The molecule has 1 aliphatic heterocycles. The van der Waals surface area contributed by atoms with Crippen molar-refractivity contribution < 1.29 is 4.79 Å². The van der Waals surface area contributed by atoms with Gasteiger partial charge in [-0.3, -0.25) is 4.79 Å². The van der Waals surface area contributed by atoms with Gasteiger partial charge in [0, 0.05) is 24.5 Å². The van der Waals surface area contributed by atoms with Crippen LogP contribution in [0.5, 0.6) is 0 Å². The van der Waals surface area contributed by atoms with Crippen LogP contribution in [0.1, 0.15) is 65.7 Å². The van der Waals surface area contributed by atoms with Crippen LogP contribution in [0.25, 0.3) is 0 Å². The summed E-state index contributed by atoms with van der Waals surface area (Å²) < 4.78 is 0. The molecule has 0 bridgehead atoms. The Labute approximate surface area is 124 Å². The van der Waals surface area contributed by atoms with E-state index in [1.54, 1.807) is 0 Å². The number of nitrogens with two attached hydrogens (primary N) is 1. The largest absolute Gasteiger partial charge is 0.342 e. The quantitative estimate of drug-likeness (QED) is 0.859. The third-order valence-corrected chi connectivity index (χ3v) is 5.42. The lowest BCUT2D eigenvalue weighted by atomic mass is 9.76. The zero-order valence-corrected chi connectivity index (χ0v) is 13.5. The van der Waals surface area contributed by atoms with Crippen LogP contribution in [0.4, 0.5) is 0 Å². The first kappa shape index (κ1) is 15.8. The van der Waals surface area contributed by atoms with Crippen molar-refractivity contribution >= 4 is 5.91 Å². The molecule has 1 saturated heterocycles. The number of amides is 1. The summed E-state index contributed by atoms with van der Waals surface area (Å²) in [5, 5.41) is 0. The first-order valence-electron chi connectivity index (χ1n) is 8.53. The number of likely N-dealkylation sites (tertiary alicyclic amines) is 1. The van der Waals surface area contributed by atoms with Crippen molar-refractivity contribution in [2.45, 2.75) is 71.8 Å². The number of piperidine rings is 1. The molecule has 1 heterocycles. The Kier molecular flexibility index (Phi) is 5.11. The molecule has 2 atom stereocenters. The Morgan fingerprint density at radius 1 is 1.35 bits per heavy atom. The molecule has 3 heteroatoms. The van der Waals surface area contributed by atoms with Crippen LogP contribution >= 0.6 is 0 Å². The Morgan fingerprint density at radius 2 is 2.00 bits per heavy atom. The molecule has 0 aromatic heterocycles. The van der Waals surface area contributed by atoms with E-state index in [-0.39, 0.29) is 11.5 Å². The molecule has 2 N–H and O–H groups in total. The number of carbonyl (C=O) groups is 1. The van der Waals surface area contributed by atoms with E-state index in [2.05, 4.69) is 25.7 Å². The fourth-order valence-electron chi connectivity index (χ4n) is 4.34.